The van der Waals surface area contributed by atoms with Crippen LogP contribution in [0.25, 0.3) is 0 Å². The molecule has 1 aliphatic carbocycles. The lowest BCUT2D eigenvalue weighted by Crippen LogP contribution is -2.67. The predicted molar refractivity (Wildman–Crippen MR) is 119 cm³/mol. The van der Waals surface area contributed by atoms with E-state index in [4.69, 9.17) is 0 Å². The van der Waals surface area contributed by atoms with Gasteiger partial charge in [-0.3, -0.25) is 19.4 Å². The third kappa shape index (κ3) is 5.93. The second-order valence-electron chi connectivity index (χ2n) is 8.10. The van der Waals surface area contributed by atoms with Crippen molar-refractivity contribution in [3.05, 3.63) is 48.2 Å². The maximum atomic E-state index is 13.3. The highest BCUT2D eigenvalue weighted by atomic mass is 16.2. The van der Waals surface area contributed by atoms with Crippen molar-refractivity contribution in [3.8, 4) is 0 Å². The summed E-state index contributed by atoms with van der Waals surface area (Å²) in [4.78, 5) is 44.6. The Kier molecular flexibility index (Phi) is 7.81. The van der Waals surface area contributed by atoms with E-state index in [0.717, 1.165) is 37.7 Å². The van der Waals surface area contributed by atoms with Crippen LogP contribution in [0.1, 0.15) is 44.1 Å². The van der Waals surface area contributed by atoms with Crippen molar-refractivity contribution < 1.29 is 14.4 Å². The summed E-state index contributed by atoms with van der Waals surface area (Å²) in [5.74, 6) is -1.18. The molecule has 8 nitrogen and oxygen atoms in total. The summed E-state index contributed by atoms with van der Waals surface area (Å²) in [5.41, 5.74) is 1.41. The van der Waals surface area contributed by atoms with Crippen LogP contribution in [0, 0.1) is 0 Å². The minimum Gasteiger partial charge on any atom is -0.351 e. The van der Waals surface area contributed by atoms with E-state index < -0.39 is 23.9 Å². The van der Waals surface area contributed by atoms with E-state index in [1.54, 1.807) is 7.05 Å². The van der Waals surface area contributed by atoms with Gasteiger partial charge in [-0.15, -0.1) is 0 Å². The molecule has 2 aliphatic rings. The van der Waals surface area contributed by atoms with E-state index in [1.165, 1.54) is 11.2 Å². The Balaban J connectivity index is 1.79. The van der Waals surface area contributed by atoms with Gasteiger partial charge in [0.1, 0.15) is 6.04 Å². The maximum absolute atomic E-state index is 13.3. The second kappa shape index (κ2) is 10.7. The summed E-state index contributed by atoms with van der Waals surface area (Å²) < 4.78 is 0. The van der Waals surface area contributed by atoms with Crippen LogP contribution in [0.4, 0.5) is 0 Å². The van der Waals surface area contributed by atoms with Gasteiger partial charge in [-0.05, 0) is 18.4 Å². The fraction of sp³-hybridized carbons (Fsp3) is 0.478. The van der Waals surface area contributed by atoms with E-state index in [-0.39, 0.29) is 24.9 Å². The molecule has 3 N–H and O–H groups in total. The van der Waals surface area contributed by atoms with Gasteiger partial charge in [0.15, 0.2) is 6.04 Å². The maximum Gasteiger partial charge on any atom is 0.253 e. The molecule has 1 saturated carbocycles. The van der Waals surface area contributed by atoms with Crippen LogP contribution in [-0.4, -0.2) is 54.1 Å². The zero-order chi connectivity index (χ0) is 22.2. The molecule has 2 unspecified atom stereocenters. The molecule has 3 rings (SSSR count). The third-order valence-electron chi connectivity index (χ3n) is 5.70. The molecule has 2 fully saturated rings. The summed E-state index contributed by atoms with van der Waals surface area (Å²) in [6.45, 7) is 4.07. The normalized spacial score (nSPS) is 22.3. The Hall–Kier alpha value is -3.16. The number of aliphatic imine (C=N–C) groups is 1. The van der Waals surface area contributed by atoms with Crippen LogP contribution in [0.2, 0.25) is 0 Å². The number of hydrogen-bond acceptors (Lipinski definition) is 4. The molecular formula is C23H31N5O3. The van der Waals surface area contributed by atoms with Crippen LogP contribution in [0.15, 0.2) is 47.6 Å². The molecule has 1 aromatic rings. The van der Waals surface area contributed by atoms with Crippen LogP contribution < -0.4 is 16.0 Å². The number of amides is 3. The third-order valence-corrected chi connectivity index (χ3v) is 5.70. The zero-order valence-electron chi connectivity index (χ0n) is 18.0. The van der Waals surface area contributed by atoms with E-state index in [0.29, 0.717) is 5.70 Å². The average molecular weight is 426 g/mol. The van der Waals surface area contributed by atoms with Gasteiger partial charge in [-0.2, -0.15) is 0 Å². The van der Waals surface area contributed by atoms with Crippen molar-refractivity contribution >= 4 is 24.1 Å². The van der Waals surface area contributed by atoms with Gasteiger partial charge >= 0.3 is 0 Å². The lowest BCUT2D eigenvalue weighted by Gasteiger charge is -2.39. The van der Waals surface area contributed by atoms with Crippen LogP contribution in [-0.2, 0) is 20.9 Å². The summed E-state index contributed by atoms with van der Waals surface area (Å²) in [5, 5.41) is 8.60. The van der Waals surface area contributed by atoms with E-state index >= 15 is 0 Å². The number of rotatable bonds is 8. The summed E-state index contributed by atoms with van der Waals surface area (Å²) in [6, 6.07) is 7.45. The summed E-state index contributed by atoms with van der Waals surface area (Å²) in [6.07, 6.45) is 6.77. The lowest BCUT2D eigenvalue weighted by molar-refractivity contribution is -0.155. The fourth-order valence-corrected chi connectivity index (χ4v) is 4.12. The quantitative estimate of drug-likeness (QED) is 0.333. The van der Waals surface area contributed by atoms with Gasteiger partial charge in [-0.1, -0.05) is 56.2 Å². The first kappa shape index (κ1) is 22.5. The lowest BCUT2D eigenvalue weighted by atomic mass is 9.94. The van der Waals surface area contributed by atoms with Crippen molar-refractivity contribution in [1.82, 2.24) is 20.9 Å². The largest absolute Gasteiger partial charge is 0.351 e. The van der Waals surface area contributed by atoms with Gasteiger partial charge < -0.3 is 20.9 Å². The fourth-order valence-electron chi connectivity index (χ4n) is 4.12. The molecule has 1 aromatic carbocycles. The number of hydrogen-bond donors (Lipinski definition) is 3. The number of nitrogens with zero attached hydrogens (tertiary/aromatic N) is 2. The molecular weight excluding hydrogens is 394 g/mol. The molecule has 166 valence electrons. The first-order valence-electron chi connectivity index (χ1n) is 10.8. The van der Waals surface area contributed by atoms with Gasteiger partial charge in [-0.25, -0.2) is 0 Å². The molecule has 0 aromatic heterocycles. The van der Waals surface area contributed by atoms with Crippen molar-refractivity contribution in [1.29, 1.82) is 0 Å². The van der Waals surface area contributed by atoms with Gasteiger partial charge in [0.25, 0.3) is 11.8 Å². The molecule has 31 heavy (non-hydrogen) atoms. The van der Waals surface area contributed by atoms with Gasteiger partial charge in [0.2, 0.25) is 5.91 Å². The topological polar surface area (TPSA) is 103 Å². The Bertz CT molecular complexity index is 833. The van der Waals surface area contributed by atoms with Gasteiger partial charge in [0.05, 0.1) is 6.34 Å². The molecule has 1 aliphatic heterocycles. The number of carbonyl (C=O) groups is 3. The molecule has 1 heterocycles. The first-order chi connectivity index (χ1) is 15.0. The Morgan fingerprint density at radius 2 is 1.94 bits per heavy atom. The highest BCUT2D eigenvalue weighted by molar-refractivity contribution is 6.10. The predicted octanol–water partition coefficient (Wildman–Crippen LogP) is 1.48. The average Bonchev–Trinajstić information content (AvgIpc) is 2.77. The number of nitrogens with one attached hydrogen (secondary N) is 3. The van der Waals surface area contributed by atoms with Crippen LogP contribution >= 0.6 is 0 Å². The van der Waals surface area contributed by atoms with Crippen molar-refractivity contribution in [2.75, 3.05) is 7.05 Å². The monoisotopic (exact) mass is 425 g/mol. The summed E-state index contributed by atoms with van der Waals surface area (Å²) in [7, 11) is 1.62. The SMILES string of the molecule is C=C(CC1NC(=O)C(C(=O)NC2CCCCC2)N(Cc2ccccc2)C1=O)NC=NC. The molecule has 8 heteroatoms. The molecule has 0 spiro atoms. The van der Waals surface area contributed by atoms with E-state index in [2.05, 4.69) is 27.5 Å². The molecule has 1 saturated heterocycles. The number of carbonyl (C=O) groups excluding carboxylic acids is 3. The molecule has 0 bridgehead atoms. The highest BCUT2D eigenvalue weighted by Crippen LogP contribution is 2.21. The van der Waals surface area contributed by atoms with Crippen molar-refractivity contribution in [3.63, 3.8) is 0 Å². The minimum absolute atomic E-state index is 0.0535. The zero-order valence-corrected chi connectivity index (χ0v) is 18.0. The van der Waals surface area contributed by atoms with Crippen molar-refractivity contribution in [2.24, 2.45) is 4.99 Å². The minimum atomic E-state index is -1.19. The Labute approximate surface area is 183 Å². The van der Waals surface area contributed by atoms with Crippen LogP contribution in [0.5, 0.6) is 0 Å². The highest BCUT2D eigenvalue weighted by Gasteiger charge is 2.44. The van der Waals surface area contributed by atoms with E-state index in [1.807, 2.05) is 30.3 Å². The number of benzene rings is 1. The van der Waals surface area contributed by atoms with Crippen LogP contribution in [0.3, 0.4) is 0 Å². The summed E-state index contributed by atoms with van der Waals surface area (Å²) >= 11 is 0. The smallest absolute Gasteiger partial charge is 0.253 e. The van der Waals surface area contributed by atoms with Gasteiger partial charge in [0, 0.05) is 31.8 Å². The Morgan fingerprint density at radius 3 is 2.61 bits per heavy atom. The molecule has 0 radical (unpaired) electrons. The van der Waals surface area contributed by atoms with Crippen molar-refractivity contribution in [2.45, 2.75) is 63.2 Å². The first-order valence-corrected chi connectivity index (χ1v) is 10.8. The molecule has 2 atom stereocenters. The second-order valence-corrected chi connectivity index (χ2v) is 8.10. The molecule has 3 amide bonds. The van der Waals surface area contributed by atoms with E-state index in [9.17, 15) is 14.4 Å². The number of piperazine rings is 1. The Morgan fingerprint density at radius 1 is 1.23 bits per heavy atom. The standard InChI is InChI=1S/C23H31N5O3/c1-16(25-15-24-2)13-19-23(31)28(14-17-9-5-3-6-10-17)20(22(30)27-19)21(29)26-18-11-7-4-8-12-18/h3,5-6,9-10,15,18-20H,1,4,7-8,11-14H2,2H3,(H,24,25)(H,26,29)(H,27,30).